The van der Waals surface area contributed by atoms with Gasteiger partial charge in [-0.1, -0.05) is 78.5 Å². The third-order valence-electron chi connectivity index (χ3n) is 6.24. The Morgan fingerprint density at radius 3 is 2.15 bits per heavy atom. The molecule has 2 aromatic carbocycles. The molecular weight excluding hydrogens is 516 g/mol. The average molecular weight is 555 g/mol. The molecule has 4 rings (SSSR count). The number of aliphatic hydroxyl groups excluding tert-OH is 1. The zero-order valence-corrected chi connectivity index (χ0v) is 23.8. The van der Waals surface area contributed by atoms with Crippen molar-refractivity contribution in [1.82, 2.24) is 4.90 Å². The van der Waals surface area contributed by atoms with Gasteiger partial charge in [-0.3, -0.25) is 9.89 Å². The van der Waals surface area contributed by atoms with Crippen LogP contribution in [0.25, 0.3) is 0 Å². The van der Waals surface area contributed by atoms with E-state index in [0.717, 1.165) is 11.1 Å². The summed E-state index contributed by atoms with van der Waals surface area (Å²) in [5.74, 6) is 0. The van der Waals surface area contributed by atoms with Gasteiger partial charge in [0.25, 0.3) is 0 Å². The molecule has 1 amide bonds. The highest BCUT2D eigenvalue weighted by Crippen LogP contribution is 2.41. The van der Waals surface area contributed by atoms with Crippen molar-refractivity contribution in [3.63, 3.8) is 0 Å². The van der Waals surface area contributed by atoms with Gasteiger partial charge in [-0.05, 0) is 38.8 Å². The topological polar surface area (TPSA) is 89.8 Å². The first kappa shape index (κ1) is 29.3. The van der Waals surface area contributed by atoms with Gasteiger partial charge < -0.3 is 24.1 Å². The lowest BCUT2D eigenvalue weighted by Gasteiger charge is -2.43. The van der Waals surface area contributed by atoms with Crippen LogP contribution in [-0.4, -0.2) is 69.3 Å². The first-order valence-electron chi connectivity index (χ1n) is 13.2. The van der Waals surface area contributed by atoms with Crippen molar-refractivity contribution in [3.8, 4) is 0 Å². The van der Waals surface area contributed by atoms with Gasteiger partial charge in [0.2, 0.25) is 0 Å². The van der Waals surface area contributed by atoms with Crippen LogP contribution in [0.2, 0.25) is 0 Å². The molecule has 0 bridgehead atoms. The van der Waals surface area contributed by atoms with E-state index in [2.05, 4.69) is 6.58 Å². The number of hydrogen-bond donors (Lipinski definition) is 1. The van der Waals surface area contributed by atoms with Crippen molar-refractivity contribution >= 4 is 23.0 Å². The van der Waals surface area contributed by atoms with E-state index in [1.165, 1.54) is 16.7 Å². The molecule has 0 saturated carbocycles. The van der Waals surface area contributed by atoms with E-state index in [1.54, 1.807) is 13.0 Å². The van der Waals surface area contributed by atoms with E-state index < -0.39 is 47.6 Å². The molecule has 6 atom stereocenters. The van der Waals surface area contributed by atoms with Crippen molar-refractivity contribution in [2.45, 2.75) is 82.4 Å². The van der Waals surface area contributed by atoms with Crippen LogP contribution < -0.4 is 0 Å². The molecule has 210 valence electrons. The number of aliphatic hydroxyl groups is 1. The van der Waals surface area contributed by atoms with Crippen LogP contribution in [0.4, 0.5) is 4.79 Å². The summed E-state index contributed by atoms with van der Waals surface area (Å²) in [6, 6.07) is 19.2. The Labute approximate surface area is 235 Å². The van der Waals surface area contributed by atoms with Gasteiger partial charge in [0.15, 0.2) is 5.17 Å². The predicted octanol–water partition coefficient (Wildman–Crippen LogP) is 5.16. The molecule has 1 fully saturated rings. The maximum absolute atomic E-state index is 13.1. The van der Waals surface area contributed by atoms with Crippen LogP contribution in [0, 0.1) is 0 Å². The molecule has 0 aromatic heterocycles. The van der Waals surface area contributed by atoms with Crippen LogP contribution in [0.3, 0.4) is 0 Å². The Bertz CT molecular complexity index is 1120. The number of benzene rings is 2. The SMILES string of the molecule is C=CCN(C(=O)OC(C)(C)C)C1=NC2C(OC(C(C)O)C(OCc3ccccc3)C2OCc2ccccc2)S1. The first-order valence-corrected chi connectivity index (χ1v) is 14.0. The van der Waals surface area contributed by atoms with Gasteiger partial charge in [0.1, 0.15) is 35.4 Å². The smallest absolute Gasteiger partial charge is 0.416 e. The summed E-state index contributed by atoms with van der Waals surface area (Å²) in [5, 5.41) is 11.2. The molecule has 8 nitrogen and oxygen atoms in total. The standard InChI is InChI=1S/C30H38N2O6S/c1-6-17-32(29(34)38-30(3,4)5)28-31-23-25(35-18-21-13-9-7-10-14-21)26(24(20(2)33)37-27(23)39-28)36-19-22-15-11-8-12-16-22/h6-16,20,23-27,33H,1,17-19H2,2-5H3. The lowest BCUT2D eigenvalue weighted by Crippen LogP contribution is -2.59. The maximum atomic E-state index is 13.1. The number of thioether (sulfide) groups is 1. The predicted molar refractivity (Wildman–Crippen MR) is 152 cm³/mol. The summed E-state index contributed by atoms with van der Waals surface area (Å²) in [4.78, 5) is 19.4. The number of fused-ring (bicyclic) bond motifs is 1. The summed E-state index contributed by atoms with van der Waals surface area (Å²) in [6.45, 7) is 11.8. The fourth-order valence-corrected chi connectivity index (χ4v) is 5.66. The Morgan fingerprint density at radius 2 is 1.64 bits per heavy atom. The third-order valence-corrected chi connectivity index (χ3v) is 7.40. The quantitative estimate of drug-likeness (QED) is 0.429. The maximum Gasteiger partial charge on any atom is 0.416 e. The monoisotopic (exact) mass is 554 g/mol. The minimum absolute atomic E-state index is 0.226. The summed E-state index contributed by atoms with van der Waals surface area (Å²) < 4.78 is 24.9. The largest absolute Gasteiger partial charge is 0.443 e. The Hall–Kier alpha value is -2.69. The second kappa shape index (κ2) is 13.1. The van der Waals surface area contributed by atoms with Crippen molar-refractivity contribution < 1.29 is 28.8 Å². The van der Waals surface area contributed by atoms with Crippen LogP contribution in [0.15, 0.2) is 78.3 Å². The minimum atomic E-state index is -0.825. The fraction of sp³-hybridized carbons (Fsp3) is 0.467. The second-order valence-electron chi connectivity index (χ2n) is 10.6. The third kappa shape index (κ3) is 7.70. The molecule has 2 aromatic rings. The molecule has 1 saturated heterocycles. The molecule has 6 unspecified atom stereocenters. The number of carbonyl (C=O) groups excluding carboxylic acids is 1. The molecule has 9 heteroatoms. The molecule has 2 aliphatic heterocycles. The van der Waals surface area contributed by atoms with E-state index in [9.17, 15) is 9.90 Å². The first-order chi connectivity index (χ1) is 18.7. The van der Waals surface area contributed by atoms with Crippen LogP contribution in [0.5, 0.6) is 0 Å². The number of hydrogen-bond acceptors (Lipinski definition) is 8. The molecule has 0 radical (unpaired) electrons. The Kier molecular flexibility index (Phi) is 9.85. The van der Waals surface area contributed by atoms with E-state index in [4.69, 9.17) is 23.9 Å². The second-order valence-corrected chi connectivity index (χ2v) is 11.7. The van der Waals surface area contributed by atoms with E-state index >= 15 is 0 Å². The van der Waals surface area contributed by atoms with E-state index in [0.29, 0.717) is 18.4 Å². The van der Waals surface area contributed by atoms with E-state index in [-0.39, 0.29) is 6.54 Å². The molecule has 2 heterocycles. The summed E-state index contributed by atoms with van der Waals surface area (Å²) in [6.07, 6.45) is -1.52. The van der Waals surface area contributed by atoms with Gasteiger partial charge in [0, 0.05) is 6.54 Å². The van der Waals surface area contributed by atoms with Crippen LogP contribution >= 0.6 is 11.8 Å². The van der Waals surface area contributed by atoms with Gasteiger partial charge in [-0.2, -0.15) is 0 Å². The summed E-state index contributed by atoms with van der Waals surface area (Å²) in [7, 11) is 0. The molecule has 2 aliphatic rings. The van der Waals surface area contributed by atoms with Gasteiger partial charge >= 0.3 is 6.09 Å². The molecular formula is C30H38N2O6S. The number of carbonyl (C=O) groups is 1. The molecule has 39 heavy (non-hydrogen) atoms. The summed E-state index contributed by atoms with van der Waals surface area (Å²) in [5.41, 5.74) is 0.857. The number of amidine groups is 1. The lowest BCUT2D eigenvalue weighted by atomic mass is 9.94. The lowest BCUT2D eigenvalue weighted by molar-refractivity contribution is -0.218. The van der Waals surface area contributed by atoms with Crippen LogP contribution in [0.1, 0.15) is 38.8 Å². The van der Waals surface area contributed by atoms with Gasteiger partial charge in [-0.25, -0.2) is 4.79 Å². The zero-order chi connectivity index (χ0) is 28.0. The zero-order valence-electron chi connectivity index (χ0n) is 22.9. The highest BCUT2D eigenvalue weighted by Gasteiger charge is 2.53. The van der Waals surface area contributed by atoms with Crippen molar-refractivity contribution in [3.05, 3.63) is 84.4 Å². The number of amides is 1. The number of aliphatic imine (C=N–C) groups is 1. The van der Waals surface area contributed by atoms with Gasteiger partial charge in [-0.15, -0.1) is 6.58 Å². The Morgan fingerprint density at radius 1 is 1.08 bits per heavy atom. The molecule has 0 spiro atoms. The van der Waals surface area contributed by atoms with Crippen molar-refractivity contribution in [1.29, 1.82) is 0 Å². The minimum Gasteiger partial charge on any atom is -0.443 e. The van der Waals surface area contributed by atoms with Crippen molar-refractivity contribution in [2.24, 2.45) is 4.99 Å². The molecule has 1 N–H and O–H groups in total. The highest BCUT2D eigenvalue weighted by atomic mass is 32.2. The normalized spacial score (nSPS) is 25.4. The highest BCUT2D eigenvalue weighted by molar-refractivity contribution is 8.14. The average Bonchev–Trinajstić information content (AvgIpc) is 3.32. The molecule has 0 aliphatic carbocycles. The van der Waals surface area contributed by atoms with E-state index in [1.807, 2.05) is 81.4 Å². The van der Waals surface area contributed by atoms with Crippen molar-refractivity contribution in [2.75, 3.05) is 6.54 Å². The summed E-state index contributed by atoms with van der Waals surface area (Å²) >= 11 is 1.32. The number of nitrogens with zero attached hydrogens (tertiary/aromatic N) is 2. The number of ether oxygens (including phenoxy) is 4. The number of rotatable bonds is 9. The fourth-order valence-electron chi connectivity index (χ4n) is 4.46. The van der Waals surface area contributed by atoms with Crippen LogP contribution in [-0.2, 0) is 32.2 Å². The van der Waals surface area contributed by atoms with Gasteiger partial charge in [0.05, 0.1) is 19.3 Å². The Balaban J connectivity index is 1.63.